The zero-order valence-electron chi connectivity index (χ0n) is 24.3. The van der Waals surface area contributed by atoms with Crippen molar-refractivity contribution >= 4 is 23.5 Å². The number of ether oxygens (including phenoxy) is 2. The van der Waals surface area contributed by atoms with Gasteiger partial charge >= 0.3 is 5.97 Å². The van der Waals surface area contributed by atoms with Crippen LogP contribution < -0.4 is 20.2 Å². The van der Waals surface area contributed by atoms with E-state index in [1.165, 1.54) is 56.2 Å². The summed E-state index contributed by atoms with van der Waals surface area (Å²) in [6.07, 6.45) is 6.10. The van der Waals surface area contributed by atoms with Gasteiger partial charge in [-0.2, -0.15) is 5.10 Å². The minimum Gasteiger partial charge on any atom is -0.493 e. The zero-order valence-corrected chi connectivity index (χ0v) is 24.3. The number of benzene rings is 2. The van der Waals surface area contributed by atoms with Gasteiger partial charge in [-0.25, -0.2) is 10.4 Å². The number of nitrogens with one attached hydrogen (secondary N) is 2. The second-order valence-electron chi connectivity index (χ2n) is 11.2. The molecule has 2 fully saturated rings. The Kier molecular flexibility index (Phi) is 8.66. The van der Waals surface area contributed by atoms with Gasteiger partial charge in [0.2, 0.25) is 5.75 Å². The molecular formula is C33H36N4O5. The van der Waals surface area contributed by atoms with Crippen molar-refractivity contribution in [2.24, 2.45) is 11.0 Å². The quantitative estimate of drug-likeness (QED) is 0.189. The number of nitrogens with zero attached hydrogens (tertiary/aromatic N) is 2. The van der Waals surface area contributed by atoms with Crippen LogP contribution in [0.25, 0.3) is 0 Å². The number of hydrazone groups is 1. The first kappa shape index (κ1) is 29.0. The molecule has 0 radical (unpaired) electrons. The fourth-order valence-electron chi connectivity index (χ4n) is 4.62. The summed E-state index contributed by atoms with van der Waals surface area (Å²) in [4.78, 5) is 42.7. The molecule has 0 unspecified atom stereocenters. The summed E-state index contributed by atoms with van der Waals surface area (Å²) in [5.41, 5.74) is 7.52. The van der Waals surface area contributed by atoms with Crippen molar-refractivity contribution in [1.82, 2.24) is 15.7 Å². The molecule has 5 rings (SSSR count). The lowest BCUT2D eigenvalue weighted by Gasteiger charge is -2.16. The van der Waals surface area contributed by atoms with Crippen molar-refractivity contribution in [2.45, 2.75) is 64.3 Å². The second kappa shape index (κ2) is 12.5. The Labute approximate surface area is 245 Å². The van der Waals surface area contributed by atoms with Gasteiger partial charge in [-0.1, -0.05) is 50.2 Å². The molecule has 0 aliphatic heterocycles. The average molecular weight is 569 g/mol. The molecule has 2 N–H and O–H groups in total. The van der Waals surface area contributed by atoms with Crippen LogP contribution >= 0.6 is 0 Å². The number of pyridine rings is 1. The first-order chi connectivity index (χ1) is 20.2. The van der Waals surface area contributed by atoms with E-state index in [0.29, 0.717) is 17.5 Å². The van der Waals surface area contributed by atoms with Crippen LogP contribution in [0.2, 0.25) is 0 Å². The molecule has 42 heavy (non-hydrogen) atoms. The van der Waals surface area contributed by atoms with Crippen LogP contribution in [0.1, 0.15) is 91.0 Å². The highest BCUT2D eigenvalue weighted by Crippen LogP contribution is 2.41. The third-order valence-electron chi connectivity index (χ3n) is 7.41. The third kappa shape index (κ3) is 6.84. The molecule has 9 nitrogen and oxygen atoms in total. The fraction of sp³-hybridized carbons (Fsp3) is 0.364. The standard InChI is InChI=1S/C33H36N4O5/c1-19(2)33(40)42-30-27(41-4)15-16-34-29(30)32(39)35-20(3)31(38)37-36-28(25-9-5-7-23(17-25)21-11-12-21)26-10-6-8-24(18-26)22-13-14-22/h5-10,15-22H,11-14H2,1-4H3,(H,35,39)(H,37,38)/t20-/m0/s1. The Morgan fingerprint density at radius 1 is 0.905 bits per heavy atom. The van der Waals surface area contributed by atoms with E-state index < -0.39 is 29.7 Å². The summed E-state index contributed by atoms with van der Waals surface area (Å²) >= 11 is 0. The van der Waals surface area contributed by atoms with Crippen LogP contribution in [0.4, 0.5) is 0 Å². The Morgan fingerprint density at radius 3 is 2.02 bits per heavy atom. The first-order valence-corrected chi connectivity index (χ1v) is 14.4. The van der Waals surface area contributed by atoms with E-state index in [4.69, 9.17) is 9.47 Å². The summed E-state index contributed by atoms with van der Waals surface area (Å²) in [5, 5.41) is 7.20. The molecule has 2 saturated carbocycles. The van der Waals surface area contributed by atoms with Crippen molar-refractivity contribution in [1.29, 1.82) is 0 Å². The minimum absolute atomic E-state index is 0.102. The number of hydrogen-bond donors (Lipinski definition) is 2. The number of methoxy groups -OCH3 is 1. The Hall–Kier alpha value is -4.53. The Balaban J connectivity index is 1.36. The smallest absolute Gasteiger partial charge is 0.313 e. The number of aromatic nitrogens is 1. The van der Waals surface area contributed by atoms with E-state index in [2.05, 4.69) is 45.1 Å². The van der Waals surface area contributed by atoms with Crippen LogP contribution in [0.5, 0.6) is 11.5 Å². The molecule has 218 valence electrons. The number of esters is 1. The SMILES string of the molecule is COc1ccnc(C(=O)N[C@@H](C)C(=O)NN=C(c2cccc(C3CC3)c2)c2cccc(C3CC3)c2)c1OC(=O)C(C)C. The van der Waals surface area contributed by atoms with Crippen molar-refractivity contribution < 1.29 is 23.9 Å². The van der Waals surface area contributed by atoms with Crippen LogP contribution in [0.15, 0.2) is 65.9 Å². The molecule has 1 aromatic heterocycles. The van der Waals surface area contributed by atoms with Crippen LogP contribution in [-0.4, -0.2) is 41.6 Å². The highest BCUT2D eigenvalue weighted by molar-refractivity contribution is 6.13. The van der Waals surface area contributed by atoms with Gasteiger partial charge in [0.05, 0.1) is 18.7 Å². The summed E-state index contributed by atoms with van der Waals surface area (Å²) < 4.78 is 10.7. The monoisotopic (exact) mass is 568 g/mol. The topological polar surface area (TPSA) is 119 Å². The molecule has 0 saturated heterocycles. The van der Waals surface area contributed by atoms with Gasteiger partial charge < -0.3 is 14.8 Å². The minimum atomic E-state index is -0.972. The lowest BCUT2D eigenvalue weighted by molar-refractivity contribution is -0.137. The molecule has 1 atom stereocenters. The number of hydrogen-bond acceptors (Lipinski definition) is 7. The first-order valence-electron chi connectivity index (χ1n) is 14.4. The van der Waals surface area contributed by atoms with Crippen molar-refractivity contribution in [3.05, 3.63) is 88.7 Å². The number of carbonyl (C=O) groups excluding carboxylic acids is 3. The van der Waals surface area contributed by atoms with Gasteiger partial charge in [0, 0.05) is 23.4 Å². The lowest BCUT2D eigenvalue weighted by atomic mass is 9.97. The van der Waals surface area contributed by atoms with Crippen molar-refractivity contribution in [2.75, 3.05) is 7.11 Å². The fourth-order valence-corrected chi connectivity index (χ4v) is 4.62. The molecule has 3 aromatic rings. The second-order valence-corrected chi connectivity index (χ2v) is 11.2. The largest absolute Gasteiger partial charge is 0.493 e. The third-order valence-corrected chi connectivity index (χ3v) is 7.41. The van der Waals surface area contributed by atoms with Crippen molar-refractivity contribution in [3.8, 4) is 11.5 Å². The molecule has 2 amide bonds. The molecular weight excluding hydrogens is 532 g/mol. The van der Waals surface area contributed by atoms with Gasteiger partial charge in [-0.3, -0.25) is 14.4 Å². The molecule has 0 spiro atoms. The maximum atomic E-state index is 13.2. The van der Waals surface area contributed by atoms with E-state index in [0.717, 1.165) is 11.1 Å². The van der Waals surface area contributed by atoms with Gasteiger partial charge in [-0.05, 0) is 67.7 Å². The Morgan fingerprint density at radius 2 is 1.50 bits per heavy atom. The molecule has 2 aliphatic rings. The van der Waals surface area contributed by atoms with Gasteiger partial charge in [0.1, 0.15) is 6.04 Å². The lowest BCUT2D eigenvalue weighted by Crippen LogP contribution is -2.44. The van der Waals surface area contributed by atoms with E-state index in [1.807, 2.05) is 24.3 Å². The molecule has 1 heterocycles. The van der Waals surface area contributed by atoms with Crippen LogP contribution in [-0.2, 0) is 9.59 Å². The summed E-state index contributed by atoms with van der Waals surface area (Å²) in [5.74, 6) is -0.958. The number of carbonyl (C=O) groups is 3. The van der Waals surface area contributed by atoms with Crippen molar-refractivity contribution in [3.63, 3.8) is 0 Å². The molecule has 2 aliphatic carbocycles. The zero-order chi connectivity index (χ0) is 29.8. The van der Waals surface area contributed by atoms with E-state index in [1.54, 1.807) is 20.8 Å². The maximum absolute atomic E-state index is 13.2. The van der Waals surface area contributed by atoms with Gasteiger partial charge in [0.15, 0.2) is 11.4 Å². The predicted molar refractivity (Wildman–Crippen MR) is 159 cm³/mol. The molecule has 2 aromatic carbocycles. The molecule has 0 bridgehead atoms. The highest BCUT2D eigenvalue weighted by atomic mass is 16.6. The predicted octanol–water partition coefficient (Wildman–Crippen LogP) is 5.09. The van der Waals surface area contributed by atoms with Gasteiger partial charge in [0.25, 0.3) is 11.8 Å². The van der Waals surface area contributed by atoms with Gasteiger partial charge in [-0.15, -0.1) is 0 Å². The van der Waals surface area contributed by atoms with Crippen LogP contribution in [0.3, 0.4) is 0 Å². The average Bonchev–Trinajstić information content (AvgIpc) is 3.91. The number of rotatable bonds is 11. The molecule has 9 heteroatoms. The maximum Gasteiger partial charge on any atom is 0.313 e. The number of amides is 2. The summed E-state index contributed by atoms with van der Waals surface area (Å²) in [6.45, 7) is 4.90. The Bertz CT molecular complexity index is 1470. The normalized spacial score (nSPS) is 15.0. The summed E-state index contributed by atoms with van der Waals surface area (Å²) in [6, 6.07) is 17.1. The van der Waals surface area contributed by atoms with E-state index >= 15 is 0 Å². The van der Waals surface area contributed by atoms with E-state index in [-0.39, 0.29) is 17.2 Å². The van der Waals surface area contributed by atoms with Crippen LogP contribution in [0, 0.1) is 5.92 Å². The highest BCUT2D eigenvalue weighted by Gasteiger charge is 2.27. The summed E-state index contributed by atoms with van der Waals surface area (Å²) in [7, 11) is 1.40. The van der Waals surface area contributed by atoms with E-state index in [9.17, 15) is 14.4 Å².